The lowest BCUT2D eigenvalue weighted by molar-refractivity contribution is -0.184. The van der Waals surface area contributed by atoms with E-state index in [2.05, 4.69) is 12.2 Å². The van der Waals surface area contributed by atoms with Crippen molar-refractivity contribution in [1.29, 1.82) is 0 Å². The maximum Gasteiger partial charge on any atom is 0.306 e. The molecule has 5 aliphatic carbocycles. The molecule has 0 bridgehead atoms. The Hall–Kier alpha value is -2.06. The molecule has 0 unspecified atom stereocenters. The van der Waals surface area contributed by atoms with Crippen LogP contribution < -0.4 is 5.32 Å². The number of rotatable bonds is 8. The van der Waals surface area contributed by atoms with Gasteiger partial charge in [-0.2, -0.15) is 0 Å². The Bertz CT molecular complexity index is 1060. The van der Waals surface area contributed by atoms with Gasteiger partial charge < -0.3 is 20.3 Å². The van der Waals surface area contributed by atoms with Crippen LogP contribution in [0.5, 0.6) is 0 Å². The van der Waals surface area contributed by atoms with Gasteiger partial charge in [0, 0.05) is 24.8 Å². The van der Waals surface area contributed by atoms with Crippen molar-refractivity contribution in [3.05, 3.63) is 11.6 Å². The molecule has 0 aromatic heterocycles. The number of nitrogens with one attached hydrogen (secondary N) is 1. The fourth-order valence-corrected chi connectivity index (χ4v) is 9.44. The monoisotopic (exact) mass is 557 g/mol. The van der Waals surface area contributed by atoms with Crippen molar-refractivity contribution in [2.24, 2.45) is 34.5 Å². The fourth-order valence-electron chi connectivity index (χ4n) is 9.44. The van der Waals surface area contributed by atoms with Crippen molar-refractivity contribution in [3.8, 4) is 0 Å². The van der Waals surface area contributed by atoms with Crippen LogP contribution in [0.25, 0.3) is 0 Å². The first-order valence-corrected chi connectivity index (χ1v) is 15.6. The average molecular weight is 558 g/mol. The molecule has 0 spiro atoms. The van der Waals surface area contributed by atoms with E-state index in [0.29, 0.717) is 31.7 Å². The summed E-state index contributed by atoms with van der Waals surface area (Å²) in [6.45, 7) is 4.20. The zero-order chi connectivity index (χ0) is 28.7. The largest absolute Gasteiger partial charge is 0.458 e. The van der Waals surface area contributed by atoms with Gasteiger partial charge in [-0.25, -0.2) is 0 Å². The molecular weight excluding hydrogens is 510 g/mol. The lowest BCUT2D eigenvalue weighted by atomic mass is 9.45. The second-order valence-electron chi connectivity index (χ2n) is 13.9. The van der Waals surface area contributed by atoms with Gasteiger partial charge in [-0.15, -0.1) is 0 Å². The summed E-state index contributed by atoms with van der Waals surface area (Å²) >= 11 is 0. The first kappa shape index (κ1) is 29.4. The highest BCUT2D eigenvalue weighted by Crippen LogP contribution is 2.67. The second-order valence-corrected chi connectivity index (χ2v) is 13.9. The summed E-state index contributed by atoms with van der Waals surface area (Å²) in [4.78, 5) is 50.1. The van der Waals surface area contributed by atoms with Crippen LogP contribution in [0, 0.1) is 34.5 Å². The summed E-state index contributed by atoms with van der Waals surface area (Å²) in [5.74, 6) is -0.450. The van der Waals surface area contributed by atoms with E-state index in [9.17, 15) is 29.4 Å². The lowest BCUT2D eigenvalue weighted by Crippen LogP contribution is -2.62. The summed E-state index contributed by atoms with van der Waals surface area (Å²) in [5, 5.41) is 26.2. The molecule has 7 atom stereocenters. The zero-order valence-corrected chi connectivity index (χ0v) is 24.2. The molecule has 222 valence electrons. The molecular formula is C32H47NO7. The molecule has 1 amide bonds. The van der Waals surface area contributed by atoms with E-state index in [1.807, 2.05) is 6.92 Å². The molecule has 4 saturated carbocycles. The Balaban J connectivity index is 1.16. The van der Waals surface area contributed by atoms with Crippen molar-refractivity contribution in [2.75, 3.05) is 13.2 Å². The van der Waals surface area contributed by atoms with Gasteiger partial charge in [0.05, 0.1) is 12.5 Å². The molecule has 3 N–H and O–H groups in total. The van der Waals surface area contributed by atoms with E-state index in [4.69, 9.17) is 4.74 Å². The molecule has 5 rings (SSSR count). The van der Waals surface area contributed by atoms with E-state index in [0.717, 1.165) is 37.7 Å². The summed E-state index contributed by atoms with van der Waals surface area (Å²) in [6.07, 6.45) is 11.0. The maximum atomic E-state index is 13.4. The van der Waals surface area contributed by atoms with Gasteiger partial charge in [0.2, 0.25) is 11.7 Å². The molecule has 0 radical (unpaired) electrons. The van der Waals surface area contributed by atoms with Crippen LogP contribution in [0.1, 0.15) is 104 Å². The number of hydrogen-bond acceptors (Lipinski definition) is 7. The minimum atomic E-state index is -1.68. The third-order valence-electron chi connectivity index (χ3n) is 11.7. The number of fused-ring (bicyclic) bond motifs is 5. The molecule has 40 heavy (non-hydrogen) atoms. The number of aliphatic hydroxyl groups excluding tert-OH is 1. The number of carbonyl (C=O) groups excluding carboxylic acids is 4. The predicted molar refractivity (Wildman–Crippen MR) is 148 cm³/mol. The van der Waals surface area contributed by atoms with Gasteiger partial charge in [-0.05, 0) is 86.5 Å². The van der Waals surface area contributed by atoms with E-state index in [1.54, 1.807) is 6.08 Å². The topological polar surface area (TPSA) is 130 Å². The molecule has 5 aliphatic rings. The lowest BCUT2D eigenvalue weighted by Gasteiger charge is -2.60. The minimum Gasteiger partial charge on any atom is -0.458 e. The third kappa shape index (κ3) is 5.19. The van der Waals surface area contributed by atoms with Crippen LogP contribution in [0.3, 0.4) is 0 Å². The van der Waals surface area contributed by atoms with Crippen LogP contribution in [-0.4, -0.2) is 58.5 Å². The van der Waals surface area contributed by atoms with Crippen LogP contribution >= 0.6 is 0 Å². The minimum absolute atomic E-state index is 0.00165. The highest BCUT2D eigenvalue weighted by molar-refractivity contribution is 5.92. The number of ketones is 2. The first-order chi connectivity index (χ1) is 19.0. The first-order valence-electron chi connectivity index (χ1n) is 15.6. The summed E-state index contributed by atoms with van der Waals surface area (Å²) < 4.78 is 5.25. The van der Waals surface area contributed by atoms with Crippen molar-refractivity contribution in [2.45, 2.75) is 115 Å². The number of Topliss-reactive ketones (excluding diaryl/α,β-unsaturated/α-hetero) is 1. The molecule has 8 nitrogen and oxygen atoms in total. The van der Waals surface area contributed by atoms with E-state index in [-0.39, 0.29) is 54.1 Å². The Kier molecular flexibility index (Phi) is 8.33. The van der Waals surface area contributed by atoms with Crippen molar-refractivity contribution < 1.29 is 34.1 Å². The van der Waals surface area contributed by atoms with Crippen LogP contribution in [-0.2, 0) is 23.9 Å². The zero-order valence-electron chi connectivity index (χ0n) is 24.2. The van der Waals surface area contributed by atoms with Crippen molar-refractivity contribution >= 4 is 23.4 Å². The maximum absolute atomic E-state index is 13.4. The molecule has 0 aliphatic heterocycles. The Morgan fingerprint density at radius 1 is 1.02 bits per heavy atom. The summed E-state index contributed by atoms with van der Waals surface area (Å²) in [6, 6.07) is 0. The van der Waals surface area contributed by atoms with E-state index >= 15 is 0 Å². The van der Waals surface area contributed by atoms with Crippen LogP contribution in [0.2, 0.25) is 0 Å². The molecule has 0 aromatic carbocycles. The van der Waals surface area contributed by atoms with Crippen LogP contribution in [0.4, 0.5) is 0 Å². The Morgan fingerprint density at radius 2 is 1.77 bits per heavy atom. The highest BCUT2D eigenvalue weighted by atomic mass is 16.5. The Labute approximate surface area is 237 Å². The SMILES string of the molecule is C[C@]12CCC(=O)C=C1CC[C@H]1[C@H]2[C@@H](O)C[C@@]2(C)[C@H]1CC[C@]2(O)C(=O)COC(=O)CCC(=O)NCC1CCCCC1. The number of amides is 1. The van der Waals surface area contributed by atoms with Gasteiger partial charge >= 0.3 is 5.97 Å². The van der Waals surface area contributed by atoms with Gasteiger partial charge in [-0.3, -0.25) is 19.2 Å². The Morgan fingerprint density at radius 3 is 2.52 bits per heavy atom. The molecule has 0 aromatic rings. The van der Waals surface area contributed by atoms with Gasteiger partial charge in [0.1, 0.15) is 5.60 Å². The molecule has 4 fully saturated rings. The van der Waals surface area contributed by atoms with E-state index in [1.165, 1.54) is 19.3 Å². The fraction of sp³-hybridized carbons (Fsp3) is 0.812. The quantitative estimate of drug-likeness (QED) is 0.387. The van der Waals surface area contributed by atoms with E-state index < -0.39 is 35.5 Å². The standard InChI is InChI=1S/C32H47NO7/c1-30-14-12-22(34)16-21(30)8-9-23-24-13-15-32(39,31(24,2)17-25(35)29(23)30)26(36)19-40-28(38)11-10-27(37)33-18-20-6-4-3-5-7-20/h16,20,23-25,29,35,39H,3-15,17-19H2,1-2H3,(H,33,37)/t23-,24+,25+,29+,30+,31+,32+/m1/s1. The van der Waals surface area contributed by atoms with Gasteiger partial charge in [-0.1, -0.05) is 38.7 Å². The number of carbonyl (C=O) groups is 4. The highest BCUT2D eigenvalue weighted by Gasteiger charge is 2.68. The number of esters is 1. The molecule has 8 heteroatoms. The number of hydrogen-bond donors (Lipinski definition) is 3. The summed E-state index contributed by atoms with van der Waals surface area (Å²) in [5.41, 5.74) is -1.59. The number of ether oxygens (including phenoxy) is 1. The average Bonchev–Trinajstić information content (AvgIpc) is 3.20. The third-order valence-corrected chi connectivity index (χ3v) is 11.7. The second kappa shape index (κ2) is 11.3. The number of allylic oxidation sites excluding steroid dienone is 1. The van der Waals surface area contributed by atoms with Crippen molar-refractivity contribution in [1.82, 2.24) is 5.32 Å². The molecule has 0 heterocycles. The smallest absolute Gasteiger partial charge is 0.306 e. The van der Waals surface area contributed by atoms with Gasteiger partial charge in [0.15, 0.2) is 12.4 Å². The van der Waals surface area contributed by atoms with Gasteiger partial charge in [0.25, 0.3) is 0 Å². The predicted octanol–water partition coefficient (Wildman–Crippen LogP) is 3.81. The summed E-state index contributed by atoms with van der Waals surface area (Å²) in [7, 11) is 0. The van der Waals surface area contributed by atoms with Crippen molar-refractivity contribution in [3.63, 3.8) is 0 Å². The van der Waals surface area contributed by atoms with Crippen LogP contribution in [0.15, 0.2) is 11.6 Å². The molecule has 0 saturated heterocycles. The number of aliphatic hydroxyl groups is 2. The normalized spacial score (nSPS) is 39.4.